The van der Waals surface area contributed by atoms with E-state index in [1.54, 1.807) is 31.2 Å². The highest BCUT2D eigenvalue weighted by molar-refractivity contribution is 6.44. The lowest BCUT2D eigenvalue weighted by Gasteiger charge is -2.27. The number of carbonyl (C=O) groups excluding carboxylic acids is 3. The van der Waals surface area contributed by atoms with E-state index in [1.807, 2.05) is 6.92 Å². The van der Waals surface area contributed by atoms with Crippen LogP contribution in [0.25, 0.3) is 0 Å². The number of hydrogen-bond acceptors (Lipinski definition) is 5. The Morgan fingerprint density at radius 1 is 1.34 bits per heavy atom. The third kappa shape index (κ3) is 4.47. The molecule has 0 aliphatic carbocycles. The molecule has 1 saturated heterocycles. The number of hydrogen-bond donors (Lipinski definition) is 1. The quantitative estimate of drug-likeness (QED) is 0.298. The number of aromatic hydroxyl groups is 1. The van der Waals surface area contributed by atoms with E-state index in [1.165, 1.54) is 30.2 Å². The van der Waals surface area contributed by atoms with Crippen molar-refractivity contribution in [3.63, 3.8) is 0 Å². The maximum atomic E-state index is 13.3. The number of phenols is 1. The summed E-state index contributed by atoms with van der Waals surface area (Å²) in [5.74, 6) is -2.83. The zero-order chi connectivity index (χ0) is 21.6. The summed E-state index contributed by atoms with van der Waals surface area (Å²) in [6, 6.07) is 3.85. The average Bonchev–Trinajstić information content (AvgIpc) is 2.96. The minimum Gasteiger partial charge on any atom is -0.504 e. The van der Waals surface area contributed by atoms with E-state index >= 15 is 0 Å². The molecule has 0 saturated carbocycles. The standard InChI is InChI=1S/C23H27NO5/c1-5-8-13-24-20(16-11-12-17(25)18(14-16)29-4)19(22(27)23(24)28)21(26)15(9-6-2)10-7-3/h6-7,9-12,14,19-20,25H,2,5,8,13H2,1,3-4H3/b10-7?,15-9+. The molecule has 0 bridgehead atoms. The molecule has 2 atom stereocenters. The summed E-state index contributed by atoms with van der Waals surface area (Å²) in [4.78, 5) is 40.3. The number of nitrogens with zero attached hydrogens (tertiary/aromatic N) is 1. The number of methoxy groups -OCH3 is 1. The van der Waals surface area contributed by atoms with Crippen LogP contribution in [0.1, 0.15) is 38.3 Å². The van der Waals surface area contributed by atoms with Gasteiger partial charge < -0.3 is 14.7 Å². The first kappa shape index (κ1) is 22.1. The summed E-state index contributed by atoms with van der Waals surface area (Å²) >= 11 is 0. The van der Waals surface area contributed by atoms with Crippen LogP contribution in [0.15, 0.2) is 54.7 Å². The fourth-order valence-corrected chi connectivity index (χ4v) is 3.51. The van der Waals surface area contributed by atoms with Gasteiger partial charge in [-0.3, -0.25) is 14.4 Å². The van der Waals surface area contributed by atoms with Crippen LogP contribution in [0.5, 0.6) is 11.5 Å². The molecule has 154 valence electrons. The Balaban J connectivity index is 2.61. The Kier molecular flexibility index (Phi) is 7.53. The number of benzene rings is 1. The van der Waals surface area contributed by atoms with Gasteiger partial charge in [-0.05, 0) is 31.0 Å². The second kappa shape index (κ2) is 9.87. The zero-order valence-corrected chi connectivity index (χ0v) is 17.1. The highest BCUT2D eigenvalue weighted by atomic mass is 16.5. The summed E-state index contributed by atoms with van der Waals surface area (Å²) in [5.41, 5.74) is 0.869. The summed E-state index contributed by atoms with van der Waals surface area (Å²) in [5, 5.41) is 9.92. The number of rotatable bonds is 9. The van der Waals surface area contributed by atoms with Crippen molar-refractivity contribution in [2.24, 2.45) is 5.92 Å². The molecule has 0 radical (unpaired) electrons. The first-order chi connectivity index (χ1) is 13.9. The van der Waals surface area contributed by atoms with Crippen LogP contribution in [0.2, 0.25) is 0 Å². The van der Waals surface area contributed by atoms with Gasteiger partial charge >= 0.3 is 0 Å². The number of phenolic OH excluding ortho intramolecular Hbond substituents is 1. The second-order valence-electron chi connectivity index (χ2n) is 6.79. The Labute approximate surface area is 171 Å². The van der Waals surface area contributed by atoms with Gasteiger partial charge in [-0.2, -0.15) is 0 Å². The number of unbranched alkanes of at least 4 members (excludes halogenated alkanes) is 1. The first-order valence-electron chi connectivity index (χ1n) is 9.62. The molecule has 1 amide bonds. The maximum Gasteiger partial charge on any atom is 0.291 e. The average molecular weight is 397 g/mol. The van der Waals surface area contributed by atoms with E-state index in [0.29, 0.717) is 24.1 Å². The fourth-order valence-electron chi connectivity index (χ4n) is 3.51. The molecule has 2 rings (SSSR count). The molecular weight excluding hydrogens is 370 g/mol. The van der Waals surface area contributed by atoms with Crippen LogP contribution in [-0.4, -0.2) is 41.1 Å². The van der Waals surface area contributed by atoms with Crippen LogP contribution in [0.3, 0.4) is 0 Å². The summed E-state index contributed by atoms with van der Waals surface area (Å²) in [6.07, 6.45) is 7.84. The van der Waals surface area contributed by atoms with Crippen LogP contribution in [-0.2, 0) is 14.4 Å². The number of likely N-dealkylation sites (tertiary alicyclic amines) is 1. The van der Waals surface area contributed by atoms with Gasteiger partial charge in [0.1, 0.15) is 5.92 Å². The minimum atomic E-state index is -1.17. The molecule has 6 heteroatoms. The predicted molar refractivity (Wildman–Crippen MR) is 111 cm³/mol. The largest absolute Gasteiger partial charge is 0.504 e. The van der Waals surface area contributed by atoms with Crippen molar-refractivity contribution >= 4 is 17.5 Å². The van der Waals surface area contributed by atoms with Gasteiger partial charge in [-0.25, -0.2) is 0 Å². The van der Waals surface area contributed by atoms with E-state index in [9.17, 15) is 19.5 Å². The van der Waals surface area contributed by atoms with Crippen LogP contribution in [0, 0.1) is 5.92 Å². The molecule has 2 unspecified atom stereocenters. The Hall–Kier alpha value is -3.15. The van der Waals surface area contributed by atoms with Gasteiger partial charge in [-0.15, -0.1) is 0 Å². The number of Topliss-reactive ketones (excluding diaryl/α,β-unsaturated/α-hetero) is 2. The van der Waals surface area contributed by atoms with E-state index < -0.39 is 29.4 Å². The highest BCUT2D eigenvalue weighted by Crippen LogP contribution is 2.41. The van der Waals surface area contributed by atoms with Gasteiger partial charge in [0.05, 0.1) is 13.2 Å². The Bertz CT molecular complexity index is 868. The van der Waals surface area contributed by atoms with Gasteiger partial charge in [0.2, 0.25) is 5.78 Å². The van der Waals surface area contributed by atoms with Crippen molar-refractivity contribution in [3.8, 4) is 11.5 Å². The molecule has 29 heavy (non-hydrogen) atoms. The third-order valence-electron chi connectivity index (χ3n) is 4.91. The molecule has 1 aliphatic heterocycles. The van der Waals surface area contributed by atoms with Crippen molar-refractivity contribution in [1.82, 2.24) is 4.90 Å². The molecule has 1 N–H and O–H groups in total. The van der Waals surface area contributed by atoms with Gasteiger partial charge in [0.25, 0.3) is 5.91 Å². The normalized spacial score (nSPS) is 19.8. The van der Waals surface area contributed by atoms with E-state index in [0.717, 1.165) is 6.42 Å². The molecule has 0 spiro atoms. The van der Waals surface area contributed by atoms with Crippen molar-refractivity contribution in [3.05, 3.63) is 60.2 Å². The Morgan fingerprint density at radius 2 is 2.07 bits per heavy atom. The third-order valence-corrected chi connectivity index (χ3v) is 4.91. The lowest BCUT2D eigenvalue weighted by Crippen LogP contribution is -2.31. The van der Waals surface area contributed by atoms with E-state index in [4.69, 9.17) is 4.74 Å². The first-order valence-corrected chi connectivity index (χ1v) is 9.62. The monoisotopic (exact) mass is 397 g/mol. The second-order valence-corrected chi connectivity index (χ2v) is 6.79. The number of carbonyl (C=O) groups is 3. The van der Waals surface area contributed by atoms with Crippen LogP contribution >= 0.6 is 0 Å². The molecule has 1 aromatic carbocycles. The lowest BCUT2D eigenvalue weighted by molar-refractivity contribution is -0.142. The number of allylic oxidation sites excluding steroid dienone is 5. The molecule has 1 fully saturated rings. The number of amides is 1. The number of ether oxygens (including phenoxy) is 1. The van der Waals surface area contributed by atoms with Crippen molar-refractivity contribution in [2.75, 3.05) is 13.7 Å². The molecule has 1 heterocycles. The summed E-state index contributed by atoms with van der Waals surface area (Å²) in [6.45, 7) is 7.74. The van der Waals surface area contributed by atoms with E-state index in [-0.39, 0.29) is 11.5 Å². The lowest BCUT2D eigenvalue weighted by atomic mass is 9.85. The van der Waals surface area contributed by atoms with E-state index in [2.05, 4.69) is 6.58 Å². The summed E-state index contributed by atoms with van der Waals surface area (Å²) < 4.78 is 5.18. The van der Waals surface area contributed by atoms with Crippen LogP contribution in [0.4, 0.5) is 0 Å². The van der Waals surface area contributed by atoms with Crippen molar-refractivity contribution in [2.45, 2.75) is 32.7 Å². The van der Waals surface area contributed by atoms with Gasteiger partial charge in [-0.1, -0.05) is 50.3 Å². The molecular formula is C23H27NO5. The summed E-state index contributed by atoms with van der Waals surface area (Å²) in [7, 11) is 1.41. The molecule has 0 aromatic heterocycles. The minimum absolute atomic E-state index is 0.0592. The zero-order valence-electron chi connectivity index (χ0n) is 17.1. The van der Waals surface area contributed by atoms with Crippen molar-refractivity contribution in [1.29, 1.82) is 0 Å². The van der Waals surface area contributed by atoms with Crippen molar-refractivity contribution < 1.29 is 24.2 Å². The number of ketones is 2. The topological polar surface area (TPSA) is 83.9 Å². The Morgan fingerprint density at radius 3 is 2.66 bits per heavy atom. The molecule has 1 aromatic rings. The van der Waals surface area contributed by atoms with Gasteiger partial charge in [0, 0.05) is 12.1 Å². The molecule has 1 aliphatic rings. The van der Waals surface area contributed by atoms with Crippen LogP contribution < -0.4 is 4.74 Å². The smallest absolute Gasteiger partial charge is 0.291 e. The molecule has 6 nitrogen and oxygen atoms in total. The SMILES string of the molecule is C=C/C=C(\C=CC)C(=O)C1C(=O)C(=O)N(CCCC)C1c1ccc(O)c(OC)c1. The fraction of sp³-hybridized carbons (Fsp3) is 0.348. The maximum absolute atomic E-state index is 13.3. The highest BCUT2D eigenvalue weighted by Gasteiger charge is 2.51. The van der Waals surface area contributed by atoms with Gasteiger partial charge in [0.15, 0.2) is 17.3 Å². The predicted octanol–water partition coefficient (Wildman–Crippen LogP) is 3.53.